The summed E-state index contributed by atoms with van der Waals surface area (Å²) in [6.45, 7) is 16.1. The standard InChI is InChI=1S/C36H40NO.C24H26N.Ir/c1-34(2,3)21-24-22-37-30(20-29(24)33-35(4,5)18-11-19-36(33,6)7)28-15-10-14-26-27-17-16-23-12-8-9-13-25(23)31(27)38-32(26)28;1-17-11-12-20(13-22(17)19-9-7-6-8-10-19)23-14-21(15-24(3,4)5)18(2)16-25-23;/h8-10,12-14,16-17,20,22,33H,11,18-19,21H2,1-7H3;6-11,13-14,16H,15H2,1-5H3;/q2*-1;/i21D2,33D;1D3,2D2,15D2;. The molecule has 0 spiro atoms. The van der Waals surface area contributed by atoms with E-state index in [1.54, 1.807) is 39.1 Å². The molecule has 8 aromatic rings. The van der Waals surface area contributed by atoms with Crippen LogP contribution in [0.4, 0.5) is 0 Å². The molecule has 3 nitrogen and oxygen atoms in total. The Labute approximate surface area is 410 Å². The SMILES string of the molecule is [2H]C([2H])(c1cnc(-c2[c-]ccc3c2oc2c4ccccc4ccc32)cc1C1([2H])C(C)(C)CCCC1(C)C)C(C)(C)C.[2H]C([2H])c1cnc(-c2[c-]cc(C([2H])([2H])[2H])c(-c3ccccc3)c2)cc1C([2H])([2H])C(C)(C)C.[Ir]. The number of hydrogen-bond donors (Lipinski definition) is 0. The minimum absolute atomic E-state index is 0. The Hall–Kier alpha value is -4.89. The molecule has 0 N–H and O–H groups in total. The van der Waals surface area contributed by atoms with Gasteiger partial charge in [0.1, 0.15) is 5.58 Å². The van der Waals surface area contributed by atoms with E-state index in [-0.39, 0.29) is 47.6 Å². The number of hydrogen-bond acceptors (Lipinski definition) is 3. The summed E-state index contributed by atoms with van der Waals surface area (Å²) in [5.41, 5.74) is 4.79. The maximum absolute atomic E-state index is 10.3. The van der Waals surface area contributed by atoms with Crippen LogP contribution in [0.2, 0.25) is 0 Å². The summed E-state index contributed by atoms with van der Waals surface area (Å²) in [7, 11) is 0. The van der Waals surface area contributed by atoms with Crippen LogP contribution in [-0.4, -0.2) is 9.97 Å². The van der Waals surface area contributed by atoms with Crippen molar-refractivity contribution in [3.63, 3.8) is 0 Å². The molecule has 3 aromatic heterocycles. The number of aromatic nitrogens is 2. The Morgan fingerprint density at radius 1 is 0.719 bits per heavy atom. The minimum atomic E-state index is -2.32. The van der Waals surface area contributed by atoms with Crippen molar-refractivity contribution in [1.82, 2.24) is 9.97 Å². The van der Waals surface area contributed by atoms with Crippen LogP contribution in [0.5, 0.6) is 0 Å². The predicted molar refractivity (Wildman–Crippen MR) is 267 cm³/mol. The molecule has 0 saturated heterocycles. The molecule has 1 saturated carbocycles. The summed E-state index contributed by atoms with van der Waals surface area (Å²) >= 11 is 0. The maximum atomic E-state index is 10.3. The molecule has 0 unspecified atom stereocenters. The van der Waals surface area contributed by atoms with Gasteiger partial charge in [-0.05, 0) is 99.0 Å². The van der Waals surface area contributed by atoms with E-state index in [2.05, 4.69) is 69.1 Å². The Morgan fingerprint density at radius 3 is 2.09 bits per heavy atom. The van der Waals surface area contributed by atoms with Crippen molar-refractivity contribution in [2.45, 2.75) is 121 Å². The fourth-order valence-corrected chi connectivity index (χ4v) is 9.45. The molecule has 3 heterocycles. The normalized spacial score (nSPS) is 18.7. The average Bonchev–Trinajstić information content (AvgIpc) is 3.72. The fraction of sp³-hybridized carbons (Fsp3) is 0.367. The molecule has 0 atom stereocenters. The van der Waals surface area contributed by atoms with Gasteiger partial charge >= 0.3 is 0 Å². The quantitative estimate of drug-likeness (QED) is 0.156. The van der Waals surface area contributed by atoms with Gasteiger partial charge in [-0.25, -0.2) is 0 Å². The second-order valence-corrected chi connectivity index (χ2v) is 20.4. The molecule has 0 amide bonds. The van der Waals surface area contributed by atoms with Crippen LogP contribution in [-0.2, 0) is 32.9 Å². The molecule has 1 aliphatic carbocycles. The first-order valence-corrected chi connectivity index (χ1v) is 22.1. The number of aryl methyl sites for hydroxylation is 2. The maximum Gasteiger partial charge on any atom is 0.128 e. The van der Waals surface area contributed by atoms with Crippen molar-refractivity contribution in [2.24, 2.45) is 21.7 Å². The van der Waals surface area contributed by atoms with E-state index < -0.39 is 43.2 Å². The second kappa shape index (κ2) is 18.2. The summed E-state index contributed by atoms with van der Waals surface area (Å²) in [4.78, 5) is 9.25. The van der Waals surface area contributed by atoms with Gasteiger partial charge in [0.2, 0.25) is 0 Å². The van der Waals surface area contributed by atoms with Crippen molar-refractivity contribution in [2.75, 3.05) is 0 Å². The monoisotopic (exact) mass is 1030 g/mol. The third-order valence-corrected chi connectivity index (χ3v) is 12.0. The molecule has 333 valence electrons. The Balaban J connectivity index is 0.000000220. The van der Waals surface area contributed by atoms with Gasteiger partial charge in [-0.1, -0.05) is 183 Å². The molecule has 9 rings (SSSR count). The van der Waals surface area contributed by atoms with Crippen molar-refractivity contribution in [1.29, 1.82) is 0 Å². The van der Waals surface area contributed by atoms with Gasteiger partial charge in [0.15, 0.2) is 0 Å². The average molecular weight is 1030 g/mol. The molecule has 1 aliphatic rings. The van der Waals surface area contributed by atoms with E-state index in [1.807, 2.05) is 81.4 Å². The van der Waals surface area contributed by atoms with Crippen molar-refractivity contribution >= 4 is 32.7 Å². The first-order valence-electron chi connectivity index (χ1n) is 27.2. The predicted octanol–water partition coefficient (Wildman–Crippen LogP) is 16.9. The van der Waals surface area contributed by atoms with E-state index in [0.717, 1.165) is 63.1 Å². The van der Waals surface area contributed by atoms with Crippen LogP contribution in [0.3, 0.4) is 0 Å². The molecule has 0 aliphatic heterocycles. The number of benzene rings is 5. The van der Waals surface area contributed by atoms with Crippen LogP contribution in [0.1, 0.15) is 136 Å². The second-order valence-electron chi connectivity index (χ2n) is 20.4. The van der Waals surface area contributed by atoms with Crippen LogP contribution in [0.15, 0.2) is 120 Å². The first kappa shape index (κ1) is 35.4. The topological polar surface area (TPSA) is 38.9 Å². The third kappa shape index (κ3) is 10.00. The van der Waals surface area contributed by atoms with Gasteiger partial charge in [0, 0.05) is 57.0 Å². The number of pyridine rings is 2. The molecular weight excluding hydrogens is 957 g/mol. The number of furan rings is 1. The van der Waals surface area contributed by atoms with Gasteiger partial charge in [-0.3, -0.25) is 0 Å². The van der Waals surface area contributed by atoms with E-state index >= 15 is 0 Å². The summed E-state index contributed by atoms with van der Waals surface area (Å²) in [6, 6.07) is 38.7. The van der Waals surface area contributed by atoms with Crippen molar-refractivity contribution < 1.29 is 38.2 Å². The van der Waals surface area contributed by atoms with Crippen LogP contribution < -0.4 is 0 Å². The van der Waals surface area contributed by atoms with Gasteiger partial charge in [-0.2, -0.15) is 0 Å². The fourth-order valence-electron chi connectivity index (χ4n) is 9.45. The minimum Gasteiger partial charge on any atom is -0.500 e. The van der Waals surface area contributed by atoms with Gasteiger partial charge in [0.25, 0.3) is 0 Å². The first-order chi connectivity index (χ1) is 33.8. The zero-order valence-corrected chi connectivity index (χ0v) is 41.2. The molecule has 4 heteroatoms. The van der Waals surface area contributed by atoms with E-state index in [9.17, 15) is 4.11 Å². The summed E-state index contributed by atoms with van der Waals surface area (Å²) in [5.74, 6) is -1.04. The molecule has 1 fully saturated rings. The van der Waals surface area contributed by atoms with Gasteiger partial charge < -0.3 is 14.4 Å². The number of rotatable bonds is 6. The molecule has 0 bridgehead atoms. The summed E-state index contributed by atoms with van der Waals surface area (Å²) < 4.78 is 92.3. The Kier molecular flexibility index (Phi) is 10.0. The zero-order chi connectivity index (χ0) is 53.5. The van der Waals surface area contributed by atoms with Crippen LogP contribution >= 0.6 is 0 Å². The summed E-state index contributed by atoms with van der Waals surface area (Å²) in [5, 5.41) is 4.22. The smallest absolute Gasteiger partial charge is 0.128 e. The van der Waals surface area contributed by atoms with E-state index in [4.69, 9.17) is 19.0 Å². The zero-order valence-electron chi connectivity index (χ0n) is 48.8. The van der Waals surface area contributed by atoms with Crippen LogP contribution in [0, 0.1) is 47.5 Å². The molecular formula is C60H66IrN2O-2. The van der Waals surface area contributed by atoms with Gasteiger partial charge in [-0.15, -0.1) is 47.5 Å². The Bertz CT molecular complexity index is 3330. The third-order valence-electron chi connectivity index (χ3n) is 12.0. The Morgan fingerprint density at radius 2 is 1.39 bits per heavy atom. The number of fused-ring (bicyclic) bond motifs is 5. The van der Waals surface area contributed by atoms with Crippen molar-refractivity contribution in [3.8, 4) is 33.6 Å². The summed E-state index contributed by atoms with van der Waals surface area (Å²) in [6.07, 6.45) is 2.42. The van der Waals surface area contributed by atoms with Crippen molar-refractivity contribution in [3.05, 3.63) is 155 Å². The van der Waals surface area contributed by atoms with E-state index in [1.165, 1.54) is 12.3 Å². The molecule has 5 aromatic carbocycles. The number of nitrogens with zero attached hydrogens (tertiary/aromatic N) is 2. The van der Waals surface area contributed by atoms with Crippen LogP contribution in [0.25, 0.3) is 66.4 Å². The largest absolute Gasteiger partial charge is 0.500 e. The molecule has 1 radical (unpaired) electrons. The molecule has 64 heavy (non-hydrogen) atoms. The van der Waals surface area contributed by atoms with Gasteiger partial charge in [0.05, 0.1) is 5.58 Å². The van der Waals surface area contributed by atoms with E-state index in [0.29, 0.717) is 33.7 Å².